The molecule has 2 N–H and O–H groups in total. The van der Waals surface area contributed by atoms with Crippen LogP contribution in [0.5, 0.6) is 0 Å². The van der Waals surface area contributed by atoms with E-state index in [9.17, 15) is 14.4 Å². The maximum Gasteiger partial charge on any atom is 0.254 e. The third-order valence-corrected chi connectivity index (χ3v) is 5.24. The lowest BCUT2D eigenvalue weighted by Gasteiger charge is -2.24. The summed E-state index contributed by atoms with van der Waals surface area (Å²) in [5.74, 6) is -0.780. The van der Waals surface area contributed by atoms with Gasteiger partial charge < -0.3 is 20.4 Å². The first kappa shape index (κ1) is 25.6. The summed E-state index contributed by atoms with van der Waals surface area (Å²) in [5, 5.41) is 6.22. The van der Waals surface area contributed by atoms with Gasteiger partial charge in [-0.1, -0.05) is 29.3 Å². The van der Waals surface area contributed by atoms with E-state index in [-0.39, 0.29) is 17.7 Å². The van der Waals surface area contributed by atoms with E-state index in [1.807, 2.05) is 25.1 Å². The number of nitrogens with one attached hydrogen (secondary N) is 2. The topological polar surface area (TPSA) is 81.8 Å². The first-order valence-corrected chi connectivity index (χ1v) is 10.9. The average Bonchev–Trinajstić information content (AvgIpc) is 2.68. The second kappa shape index (κ2) is 11.9. The van der Waals surface area contributed by atoms with Gasteiger partial charge in [0.25, 0.3) is 5.91 Å². The molecular weight excluding hydrogens is 451 g/mol. The summed E-state index contributed by atoms with van der Waals surface area (Å²) in [6.07, 6.45) is 0.768. The normalized spacial score (nSPS) is 10.7. The Labute approximate surface area is 198 Å². The smallest absolute Gasteiger partial charge is 0.254 e. The largest absolute Gasteiger partial charge is 0.334 e. The molecule has 3 amide bonds. The van der Waals surface area contributed by atoms with E-state index in [4.69, 9.17) is 23.2 Å². The van der Waals surface area contributed by atoms with E-state index in [0.717, 1.165) is 18.5 Å². The Morgan fingerprint density at radius 2 is 1.44 bits per heavy atom. The van der Waals surface area contributed by atoms with Crippen molar-refractivity contribution in [2.24, 2.45) is 0 Å². The zero-order valence-corrected chi connectivity index (χ0v) is 20.2. The summed E-state index contributed by atoms with van der Waals surface area (Å²) in [7, 11) is 3.95. The van der Waals surface area contributed by atoms with Crippen molar-refractivity contribution >= 4 is 52.3 Å². The molecule has 0 aliphatic rings. The Morgan fingerprint density at radius 1 is 0.844 bits per heavy atom. The fourth-order valence-corrected chi connectivity index (χ4v) is 3.49. The second-order valence-corrected chi connectivity index (χ2v) is 8.61. The molecule has 0 heterocycles. The minimum Gasteiger partial charge on any atom is -0.334 e. The maximum atomic E-state index is 13.5. The van der Waals surface area contributed by atoms with Crippen LogP contribution in [0.1, 0.15) is 36.2 Å². The SMILES string of the molecule is CC(=O)Nc1cc(NC(C)=O)cc(C(=O)N(CCCN(C)C)Cc2ccc(Cl)c(Cl)c2)c1. The second-order valence-electron chi connectivity index (χ2n) is 7.79. The molecular formula is C23H28Cl2N4O3. The molecule has 0 fully saturated rings. The van der Waals surface area contributed by atoms with Crippen LogP contribution >= 0.6 is 23.2 Å². The van der Waals surface area contributed by atoms with E-state index in [2.05, 4.69) is 10.6 Å². The summed E-state index contributed by atoms with van der Waals surface area (Å²) >= 11 is 12.2. The van der Waals surface area contributed by atoms with E-state index in [0.29, 0.717) is 40.1 Å². The number of carbonyl (C=O) groups is 3. The Bertz CT molecular complexity index is 961. The van der Waals surface area contributed by atoms with E-state index in [1.54, 1.807) is 35.2 Å². The zero-order valence-electron chi connectivity index (χ0n) is 18.7. The van der Waals surface area contributed by atoms with Gasteiger partial charge in [-0.25, -0.2) is 0 Å². The minimum atomic E-state index is -0.276. The Hall–Kier alpha value is -2.61. The Balaban J connectivity index is 2.37. The fraction of sp³-hybridized carbons (Fsp3) is 0.348. The first-order chi connectivity index (χ1) is 15.0. The molecule has 2 rings (SSSR count). The fourth-order valence-electron chi connectivity index (χ4n) is 3.17. The van der Waals surface area contributed by atoms with Crippen molar-refractivity contribution in [2.75, 3.05) is 37.8 Å². The van der Waals surface area contributed by atoms with Gasteiger partial charge in [0, 0.05) is 43.9 Å². The van der Waals surface area contributed by atoms with Gasteiger partial charge in [-0.3, -0.25) is 14.4 Å². The number of benzene rings is 2. The quantitative estimate of drug-likeness (QED) is 0.555. The highest BCUT2D eigenvalue weighted by Gasteiger charge is 2.19. The third kappa shape index (κ3) is 8.15. The molecule has 7 nitrogen and oxygen atoms in total. The first-order valence-electron chi connectivity index (χ1n) is 10.1. The summed E-state index contributed by atoms with van der Waals surface area (Å²) < 4.78 is 0. The molecule has 0 radical (unpaired) electrons. The van der Waals surface area contributed by atoms with E-state index in [1.165, 1.54) is 13.8 Å². The van der Waals surface area contributed by atoms with Crippen molar-refractivity contribution in [1.29, 1.82) is 0 Å². The summed E-state index contributed by atoms with van der Waals surface area (Å²) in [6.45, 7) is 4.42. The number of hydrogen-bond acceptors (Lipinski definition) is 4. The molecule has 0 aliphatic carbocycles. The predicted molar refractivity (Wildman–Crippen MR) is 129 cm³/mol. The van der Waals surface area contributed by atoms with Crippen LogP contribution in [0, 0.1) is 0 Å². The zero-order chi connectivity index (χ0) is 23.8. The molecule has 9 heteroatoms. The van der Waals surface area contributed by atoms with Crippen molar-refractivity contribution in [3.05, 3.63) is 57.6 Å². The van der Waals surface area contributed by atoms with Crippen molar-refractivity contribution in [3.63, 3.8) is 0 Å². The lowest BCUT2D eigenvalue weighted by Crippen LogP contribution is -2.33. The number of halogens is 2. The highest BCUT2D eigenvalue weighted by atomic mass is 35.5. The number of carbonyl (C=O) groups excluding carboxylic acids is 3. The van der Waals surface area contributed by atoms with Gasteiger partial charge in [-0.15, -0.1) is 0 Å². The number of rotatable bonds is 9. The highest BCUT2D eigenvalue weighted by Crippen LogP contribution is 2.25. The molecule has 0 aromatic heterocycles. The van der Waals surface area contributed by atoms with Gasteiger partial charge >= 0.3 is 0 Å². The van der Waals surface area contributed by atoms with Gasteiger partial charge in [0.1, 0.15) is 0 Å². The highest BCUT2D eigenvalue weighted by molar-refractivity contribution is 6.42. The van der Waals surface area contributed by atoms with Crippen LogP contribution in [0.4, 0.5) is 11.4 Å². The van der Waals surface area contributed by atoms with Crippen LogP contribution in [0.15, 0.2) is 36.4 Å². The van der Waals surface area contributed by atoms with E-state index < -0.39 is 0 Å². The van der Waals surface area contributed by atoms with Crippen molar-refractivity contribution in [2.45, 2.75) is 26.8 Å². The van der Waals surface area contributed by atoms with Crippen LogP contribution in [0.25, 0.3) is 0 Å². The summed E-state index contributed by atoms with van der Waals surface area (Å²) in [6, 6.07) is 10.1. The molecule has 0 atom stereocenters. The molecule has 0 saturated carbocycles. The molecule has 0 saturated heterocycles. The number of anilines is 2. The van der Waals surface area contributed by atoms with Crippen LogP contribution in [0.2, 0.25) is 10.0 Å². The van der Waals surface area contributed by atoms with Crippen LogP contribution in [-0.4, -0.2) is 54.7 Å². The number of nitrogens with zero attached hydrogens (tertiary/aromatic N) is 2. The molecule has 0 spiro atoms. The van der Waals surface area contributed by atoms with Gasteiger partial charge in [-0.05, 0) is 63.0 Å². The van der Waals surface area contributed by atoms with Crippen molar-refractivity contribution in [3.8, 4) is 0 Å². The lowest BCUT2D eigenvalue weighted by atomic mass is 10.1. The standard InChI is InChI=1S/C23H28Cl2N4O3/c1-15(30)26-19-11-18(12-20(13-19)27-16(2)31)23(32)29(9-5-8-28(3)4)14-17-6-7-21(24)22(25)10-17/h6-7,10-13H,5,8-9,14H2,1-4H3,(H,26,30)(H,27,31). The number of hydrogen-bond donors (Lipinski definition) is 2. The molecule has 0 aliphatic heterocycles. The van der Waals surface area contributed by atoms with Crippen LogP contribution < -0.4 is 10.6 Å². The molecule has 2 aromatic carbocycles. The molecule has 32 heavy (non-hydrogen) atoms. The minimum absolute atomic E-state index is 0.228. The third-order valence-electron chi connectivity index (χ3n) is 4.50. The monoisotopic (exact) mass is 478 g/mol. The van der Waals surface area contributed by atoms with Crippen molar-refractivity contribution < 1.29 is 14.4 Å². The van der Waals surface area contributed by atoms with Gasteiger partial charge in [-0.2, -0.15) is 0 Å². The van der Waals surface area contributed by atoms with Gasteiger partial charge in [0.15, 0.2) is 0 Å². The lowest BCUT2D eigenvalue weighted by molar-refractivity contribution is -0.115. The van der Waals surface area contributed by atoms with Gasteiger partial charge in [0.2, 0.25) is 11.8 Å². The Kier molecular flexibility index (Phi) is 9.50. The Morgan fingerprint density at radius 3 is 1.94 bits per heavy atom. The average molecular weight is 479 g/mol. The predicted octanol–water partition coefficient (Wildman–Crippen LogP) is 4.50. The van der Waals surface area contributed by atoms with Crippen LogP contribution in [0.3, 0.4) is 0 Å². The summed E-state index contributed by atoms with van der Waals surface area (Å²) in [4.78, 5) is 40.3. The summed E-state index contributed by atoms with van der Waals surface area (Å²) in [5.41, 5.74) is 2.05. The molecule has 2 aromatic rings. The van der Waals surface area contributed by atoms with Gasteiger partial charge in [0.05, 0.1) is 10.0 Å². The van der Waals surface area contributed by atoms with E-state index >= 15 is 0 Å². The van der Waals surface area contributed by atoms with Crippen molar-refractivity contribution in [1.82, 2.24) is 9.80 Å². The number of amides is 3. The molecule has 172 valence electrons. The molecule has 0 bridgehead atoms. The van der Waals surface area contributed by atoms with Crippen LogP contribution in [-0.2, 0) is 16.1 Å². The molecule has 0 unspecified atom stereocenters. The maximum absolute atomic E-state index is 13.5.